The van der Waals surface area contributed by atoms with Gasteiger partial charge in [0.2, 0.25) is 3.83 Å². The molecule has 0 aliphatic rings. The fourth-order valence-corrected chi connectivity index (χ4v) is 2.21. The van der Waals surface area contributed by atoms with Crippen molar-refractivity contribution in [3.8, 4) is 11.3 Å². The minimum Gasteiger partial charge on any atom is -0.212 e. The molecule has 1 aromatic carbocycles. The molecule has 0 aliphatic heterocycles. The van der Waals surface area contributed by atoms with Crippen LogP contribution in [-0.2, 0) is 0 Å². The quantitative estimate of drug-likeness (QED) is 0.638. The summed E-state index contributed by atoms with van der Waals surface area (Å²) >= 11 is 2.04. The van der Waals surface area contributed by atoms with Crippen LogP contribution in [-0.4, -0.2) is 14.6 Å². The van der Waals surface area contributed by atoms with Crippen LogP contribution in [0.25, 0.3) is 16.9 Å². The summed E-state index contributed by atoms with van der Waals surface area (Å²) in [6.45, 7) is 0. The van der Waals surface area contributed by atoms with Crippen LogP contribution in [0.4, 0.5) is 4.39 Å². The molecule has 0 amide bonds. The molecule has 0 saturated carbocycles. The van der Waals surface area contributed by atoms with Crippen molar-refractivity contribution >= 4 is 28.2 Å². The number of aromatic nitrogens is 3. The van der Waals surface area contributed by atoms with Crippen LogP contribution in [0.1, 0.15) is 0 Å². The van der Waals surface area contributed by atoms with Crippen LogP contribution in [0.15, 0.2) is 42.5 Å². The predicted molar refractivity (Wildman–Crippen MR) is 71.1 cm³/mol. The van der Waals surface area contributed by atoms with E-state index in [-0.39, 0.29) is 5.82 Å². The highest BCUT2D eigenvalue weighted by atomic mass is 127. The summed E-state index contributed by atoms with van der Waals surface area (Å²) in [5.74, 6) is -0.259. The van der Waals surface area contributed by atoms with E-state index < -0.39 is 0 Å². The van der Waals surface area contributed by atoms with Crippen molar-refractivity contribution < 1.29 is 4.39 Å². The summed E-state index contributed by atoms with van der Waals surface area (Å²) in [6, 6.07) is 12.2. The largest absolute Gasteiger partial charge is 0.212 e. The molecule has 0 fully saturated rings. The van der Waals surface area contributed by atoms with Gasteiger partial charge < -0.3 is 0 Å². The Hall–Kier alpha value is -1.50. The molecular weight excluding hydrogens is 332 g/mol. The van der Waals surface area contributed by atoms with Crippen molar-refractivity contribution in [1.29, 1.82) is 0 Å². The molecule has 3 aromatic rings. The lowest BCUT2D eigenvalue weighted by molar-refractivity contribution is 0.630. The van der Waals surface area contributed by atoms with Gasteiger partial charge in [0.05, 0.1) is 5.69 Å². The topological polar surface area (TPSA) is 30.2 Å². The van der Waals surface area contributed by atoms with Crippen molar-refractivity contribution in [3.63, 3.8) is 0 Å². The molecule has 84 valence electrons. The summed E-state index contributed by atoms with van der Waals surface area (Å²) in [4.78, 5) is 4.25. The standard InChI is InChI=1S/C12H7FIN3/c13-9-5-2-1-4-8(9)10-6-3-7-11-15-12(14)16-17(10)11/h1-7H. The normalized spacial score (nSPS) is 10.9. The maximum Gasteiger partial charge on any atom is 0.212 e. The van der Waals surface area contributed by atoms with E-state index in [0.29, 0.717) is 15.1 Å². The average Bonchev–Trinajstić information content (AvgIpc) is 2.70. The highest BCUT2D eigenvalue weighted by molar-refractivity contribution is 14.1. The van der Waals surface area contributed by atoms with Crippen LogP contribution in [0.2, 0.25) is 0 Å². The second-order valence-corrected chi connectivity index (χ2v) is 4.51. The van der Waals surface area contributed by atoms with E-state index in [9.17, 15) is 4.39 Å². The van der Waals surface area contributed by atoms with E-state index in [1.807, 2.05) is 40.8 Å². The van der Waals surface area contributed by atoms with Crippen molar-refractivity contribution in [2.75, 3.05) is 0 Å². The lowest BCUT2D eigenvalue weighted by Crippen LogP contribution is -1.95. The SMILES string of the molecule is Fc1ccccc1-c1cccc2nc(I)nn12. The van der Waals surface area contributed by atoms with Gasteiger partial charge in [0, 0.05) is 28.2 Å². The van der Waals surface area contributed by atoms with Crippen molar-refractivity contribution in [2.24, 2.45) is 0 Å². The van der Waals surface area contributed by atoms with Gasteiger partial charge >= 0.3 is 0 Å². The molecular formula is C12H7FIN3. The molecule has 0 radical (unpaired) electrons. The van der Waals surface area contributed by atoms with Crippen LogP contribution in [0.3, 0.4) is 0 Å². The Morgan fingerprint density at radius 2 is 1.88 bits per heavy atom. The van der Waals surface area contributed by atoms with E-state index >= 15 is 0 Å². The molecule has 0 unspecified atom stereocenters. The van der Waals surface area contributed by atoms with Crippen LogP contribution < -0.4 is 0 Å². The summed E-state index contributed by atoms with van der Waals surface area (Å²) < 4.78 is 16.0. The van der Waals surface area contributed by atoms with E-state index in [0.717, 1.165) is 5.65 Å². The molecule has 0 saturated heterocycles. The first-order valence-electron chi connectivity index (χ1n) is 5.02. The second kappa shape index (κ2) is 4.06. The number of pyridine rings is 1. The van der Waals surface area contributed by atoms with Gasteiger partial charge in [0.25, 0.3) is 0 Å². The van der Waals surface area contributed by atoms with Gasteiger partial charge in [-0.25, -0.2) is 13.9 Å². The van der Waals surface area contributed by atoms with E-state index in [2.05, 4.69) is 10.1 Å². The monoisotopic (exact) mass is 339 g/mol. The highest BCUT2D eigenvalue weighted by Gasteiger charge is 2.10. The Balaban J connectivity index is 2.34. The predicted octanol–water partition coefficient (Wildman–Crippen LogP) is 3.14. The molecule has 17 heavy (non-hydrogen) atoms. The van der Waals surface area contributed by atoms with Gasteiger partial charge in [-0.1, -0.05) is 18.2 Å². The van der Waals surface area contributed by atoms with Gasteiger partial charge in [-0.15, -0.1) is 5.10 Å². The fourth-order valence-electron chi connectivity index (χ4n) is 1.75. The molecule has 0 atom stereocenters. The number of hydrogen-bond donors (Lipinski definition) is 0. The summed E-state index contributed by atoms with van der Waals surface area (Å²) in [7, 11) is 0. The van der Waals surface area contributed by atoms with E-state index in [4.69, 9.17) is 0 Å². The Bertz CT molecular complexity index is 693. The molecule has 0 spiro atoms. The number of halogens is 2. The molecule has 5 heteroatoms. The Labute approximate surface area is 110 Å². The van der Waals surface area contributed by atoms with Crippen molar-refractivity contribution in [2.45, 2.75) is 0 Å². The fraction of sp³-hybridized carbons (Fsp3) is 0. The van der Waals surface area contributed by atoms with E-state index in [1.165, 1.54) is 6.07 Å². The first-order valence-corrected chi connectivity index (χ1v) is 6.10. The Morgan fingerprint density at radius 3 is 2.71 bits per heavy atom. The maximum atomic E-state index is 13.7. The smallest absolute Gasteiger partial charge is 0.212 e. The zero-order valence-electron chi connectivity index (χ0n) is 8.64. The number of hydrogen-bond acceptors (Lipinski definition) is 2. The van der Waals surface area contributed by atoms with Crippen LogP contribution in [0, 0.1) is 9.65 Å². The van der Waals surface area contributed by atoms with Crippen molar-refractivity contribution in [1.82, 2.24) is 14.6 Å². The Kier molecular flexibility index (Phi) is 2.54. The van der Waals surface area contributed by atoms with Gasteiger partial charge in [-0.3, -0.25) is 0 Å². The average molecular weight is 339 g/mol. The Morgan fingerprint density at radius 1 is 1.06 bits per heavy atom. The third kappa shape index (κ3) is 1.80. The van der Waals surface area contributed by atoms with E-state index in [1.54, 1.807) is 22.7 Å². The highest BCUT2D eigenvalue weighted by Crippen LogP contribution is 2.22. The minimum atomic E-state index is -0.259. The third-order valence-electron chi connectivity index (χ3n) is 2.48. The molecule has 0 bridgehead atoms. The lowest BCUT2D eigenvalue weighted by Gasteiger charge is -2.04. The molecule has 3 nitrogen and oxygen atoms in total. The van der Waals surface area contributed by atoms with Gasteiger partial charge in [-0.05, 0) is 24.3 Å². The summed E-state index contributed by atoms with van der Waals surface area (Å²) in [5, 5.41) is 4.26. The zero-order chi connectivity index (χ0) is 11.8. The number of nitrogens with zero attached hydrogens (tertiary/aromatic N) is 3. The maximum absolute atomic E-state index is 13.7. The van der Waals surface area contributed by atoms with Gasteiger partial charge in [0.15, 0.2) is 5.65 Å². The van der Waals surface area contributed by atoms with Crippen LogP contribution in [0.5, 0.6) is 0 Å². The lowest BCUT2D eigenvalue weighted by atomic mass is 10.1. The van der Waals surface area contributed by atoms with Gasteiger partial charge in [-0.2, -0.15) is 0 Å². The summed E-state index contributed by atoms with van der Waals surface area (Å²) in [5.41, 5.74) is 1.95. The molecule has 2 aromatic heterocycles. The number of fused-ring (bicyclic) bond motifs is 1. The molecule has 0 aliphatic carbocycles. The number of rotatable bonds is 1. The zero-order valence-corrected chi connectivity index (χ0v) is 10.8. The van der Waals surface area contributed by atoms with Crippen LogP contribution >= 0.6 is 22.6 Å². The first-order chi connectivity index (χ1) is 8.25. The minimum absolute atomic E-state index is 0.259. The number of benzene rings is 1. The third-order valence-corrected chi connectivity index (χ3v) is 2.94. The second-order valence-electron chi connectivity index (χ2n) is 3.54. The van der Waals surface area contributed by atoms with Crippen molar-refractivity contribution in [3.05, 3.63) is 52.1 Å². The summed E-state index contributed by atoms with van der Waals surface area (Å²) in [6.07, 6.45) is 0. The molecule has 3 rings (SSSR count). The first kappa shape index (κ1) is 10.6. The molecule has 2 heterocycles. The molecule has 0 N–H and O–H groups in total. The van der Waals surface area contributed by atoms with Gasteiger partial charge in [0.1, 0.15) is 5.82 Å².